The molecule has 1 aliphatic heterocycles. The van der Waals surface area contributed by atoms with E-state index < -0.39 is 0 Å². The lowest BCUT2D eigenvalue weighted by atomic mass is 10.3. The van der Waals surface area contributed by atoms with Crippen LogP contribution >= 0.6 is 0 Å². The zero-order chi connectivity index (χ0) is 8.69. The third-order valence-electron chi connectivity index (χ3n) is 1.01. The molecule has 4 heteroatoms. The van der Waals surface area contributed by atoms with Gasteiger partial charge in [0, 0.05) is 6.92 Å². The molecule has 2 N–H and O–H groups in total. The zero-order valence-corrected chi connectivity index (χ0v) is 7.00. The predicted molar refractivity (Wildman–Crippen MR) is 41.1 cm³/mol. The summed E-state index contributed by atoms with van der Waals surface area (Å²) in [5, 5.41) is 0. The van der Waals surface area contributed by atoms with Crippen LogP contribution in [0.5, 0.6) is 0 Å². The molecule has 0 unspecified atom stereocenters. The third kappa shape index (κ3) is 7.29. The van der Waals surface area contributed by atoms with E-state index in [1.165, 1.54) is 6.92 Å². The second-order valence-electron chi connectivity index (χ2n) is 2.22. The Balaban J connectivity index is 0.000000183. The van der Waals surface area contributed by atoms with Crippen molar-refractivity contribution >= 4 is 5.97 Å². The minimum absolute atomic E-state index is 0.211. The van der Waals surface area contributed by atoms with Crippen LogP contribution in [0.15, 0.2) is 0 Å². The Morgan fingerprint density at radius 3 is 2.18 bits per heavy atom. The van der Waals surface area contributed by atoms with Gasteiger partial charge in [-0.25, -0.2) is 0 Å². The van der Waals surface area contributed by atoms with Crippen LogP contribution in [-0.2, 0) is 14.3 Å². The number of ether oxygens (including phenoxy) is 2. The molecule has 0 aromatic carbocycles. The molecular formula is C7H15NO3. The average Bonchev–Trinajstić information content (AvgIpc) is 1.85. The number of esters is 1. The van der Waals surface area contributed by atoms with Crippen molar-refractivity contribution in [1.29, 1.82) is 0 Å². The number of carbonyl (C=O) groups is 1. The predicted octanol–water partition coefficient (Wildman–Crippen LogP) is -0.0867. The van der Waals surface area contributed by atoms with Gasteiger partial charge in [-0.15, -0.1) is 0 Å². The molecule has 0 aromatic heterocycles. The quantitative estimate of drug-likeness (QED) is 0.546. The minimum Gasteiger partial charge on any atom is -0.466 e. The van der Waals surface area contributed by atoms with Crippen LogP contribution < -0.4 is 5.73 Å². The summed E-state index contributed by atoms with van der Waals surface area (Å²) in [6.45, 7) is 5.18. The third-order valence-corrected chi connectivity index (χ3v) is 1.01. The molecule has 4 nitrogen and oxygen atoms in total. The lowest BCUT2D eigenvalue weighted by Crippen LogP contribution is -2.41. The molecule has 0 spiro atoms. The van der Waals surface area contributed by atoms with Crippen LogP contribution in [-0.4, -0.2) is 31.8 Å². The van der Waals surface area contributed by atoms with Gasteiger partial charge in [0.15, 0.2) is 0 Å². The van der Waals surface area contributed by atoms with Crippen LogP contribution in [0.2, 0.25) is 0 Å². The van der Waals surface area contributed by atoms with Gasteiger partial charge in [0.05, 0.1) is 25.9 Å². The number of hydrogen-bond donors (Lipinski definition) is 1. The van der Waals surface area contributed by atoms with E-state index in [9.17, 15) is 4.79 Å². The molecule has 1 rings (SSSR count). The van der Waals surface area contributed by atoms with Crippen molar-refractivity contribution < 1.29 is 14.3 Å². The van der Waals surface area contributed by atoms with E-state index in [2.05, 4.69) is 4.74 Å². The van der Waals surface area contributed by atoms with E-state index in [1.54, 1.807) is 6.92 Å². The fourth-order valence-electron chi connectivity index (χ4n) is 0.457. The molecular weight excluding hydrogens is 146 g/mol. The normalized spacial score (nSPS) is 15.9. The van der Waals surface area contributed by atoms with Gasteiger partial charge in [0.2, 0.25) is 0 Å². The standard InChI is InChI=1S/C4H8O2.C3H7NO/c1-3-6-4(2)5;4-3-1-5-2-3/h3H2,1-2H3;3H,1-2,4H2. The van der Waals surface area contributed by atoms with Crippen LogP contribution in [0, 0.1) is 0 Å². The van der Waals surface area contributed by atoms with Gasteiger partial charge < -0.3 is 15.2 Å². The highest BCUT2D eigenvalue weighted by atomic mass is 16.5. The highest BCUT2D eigenvalue weighted by molar-refractivity contribution is 5.65. The van der Waals surface area contributed by atoms with Crippen molar-refractivity contribution in [1.82, 2.24) is 0 Å². The number of carbonyl (C=O) groups excluding carboxylic acids is 1. The van der Waals surface area contributed by atoms with Crippen LogP contribution in [0.25, 0.3) is 0 Å². The minimum atomic E-state index is -0.211. The van der Waals surface area contributed by atoms with E-state index in [4.69, 9.17) is 10.5 Å². The summed E-state index contributed by atoms with van der Waals surface area (Å²) in [4.78, 5) is 9.82. The monoisotopic (exact) mass is 161 g/mol. The largest absolute Gasteiger partial charge is 0.466 e. The number of nitrogens with two attached hydrogens (primary N) is 1. The number of hydrogen-bond acceptors (Lipinski definition) is 4. The van der Waals surface area contributed by atoms with Gasteiger partial charge in [-0.05, 0) is 6.92 Å². The van der Waals surface area contributed by atoms with Crippen molar-refractivity contribution in [2.45, 2.75) is 19.9 Å². The van der Waals surface area contributed by atoms with E-state index >= 15 is 0 Å². The fourth-order valence-corrected chi connectivity index (χ4v) is 0.457. The van der Waals surface area contributed by atoms with E-state index in [1.807, 2.05) is 0 Å². The van der Waals surface area contributed by atoms with Gasteiger partial charge in [-0.2, -0.15) is 0 Å². The SMILES string of the molecule is CCOC(C)=O.NC1COC1. The fraction of sp³-hybridized carbons (Fsp3) is 0.857. The molecule has 0 bridgehead atoms. The first-order valence-electron chi connectivity index (χ1n) is 3.63. The molecule has 0 saturated carbocycles. The van der Waals surface area contributed by atoms with Crippen LogP contribution in [0.4, 0.5) is 0 Å². The molecule has 66 valence electrons. The highest BCUT2D eigenvalue weighted by Gasteiger charge is 2.10. The molecule has 1 fully saturated rings. The zero-order valence-electron chi connectivity index (χ0n) is 7.00. The maximum Gasteiger partial charge on any atom is 0.302 e. The first kappa shape index (κ1) is 10.4. The molecule has 11 heavy (non-hydrogen) atoms. The highest BCUT2D eigenvalue weighted by Crippen LogP contribution is 1.92. The van der Waals surface area contributed by atoms with Crippen molar-refractivity contribution in [3.05, 3.63) is 0 Å². The molecule has 1 heterocycles. The molecule has 1 aliphatic rings. The maximum absolute atomic E-state index is 9.82. The Bertz CT molecular complexity index is 112. The molecule has 0 aliphatic carbocycles. The van der Waals surface area contributed by atoms with Crippen molar-refractivity contribution in [2.75, 3.05) is 19.8 Å². The lowest BCUT2D eigenvalue weighted by molar-refractivity contribution is -0.140. The first-order chi connectivity index (χ1) is 5.16. The van der Waals surface area contributed by atoms with Crippen LogP contribution in [0.1, 0.15) is 13.8 Å². The lowest BCUT2D eigenvalue weighted by Gasteiger charge is -2.20. The summed E-state index contributed by atoms with van der Waals surface area (Å²) < 4.78 is 9.11. The second-order valence-corrected chi connectivity index (χ2v) is 2.22. The molecule has 1 saturated heterocycles. The van der Waals surface area contributed by atoms with Gasteiger partial charge in [0.25, 0.3) is 0 Å². The smallest absolute Gasteiger partial charge is 0.302 e. The van der Waals surface area contributed by atoms with E-state index in [0.717, 1.165) is 13.2 Å². The first-order valence-corrected chi connectivity index (χ1v) is 3.63. The Morgan fingerprint density at radius 2 is 2.18 bits per heavy atom. The van der Waals surface area contributed by atoms with Gasteiger partial charge in [-0.3, -0.25) is 4.79 Å². The summed E-state index contributed by atoms with van der Waals surface area (Å²) >= 11 is 0. The molecule has 0 radical (unpaired) electrons. The van der Waals surface area contributed by atoms with E-state index in [0.29, 0.717) is 12.6 Å². The molecule has 0 aromatic rings. The Morgan fingerprint density at radius 1 is 1.73 bits per heavy atom. The van der Waals surface area contributed by atoms with Gasteiger partial charge in [0.1, 0.15) is 0 Å². The van der Waals surface area contributed by atoms with Crippen molar-refractivity contribution in [3.63, 3.8) is 0 Å². The topological polar surface area (TPSA) is 61.5 Å². The van der Waals surface area contributed by atoms with E-state index in [-0.39, 0.29) is 5.97 Å². The second kappa shape index (κ2) is 6.12. The summed E-state index contributed by atoms with van der Waals surface area (Å²) in [6.07, 6.45) is 0. The van der Waals surface area contributed by atoms with Gasteiger partial charge in [-0.1, -0.05) is 0 Å². The summed E-state index contributed by atoms with van der Waals surface area (Å²) in [7, 11) is 0. The molecule has 0 atom stereocenters. The van der Waals surface area contributed by atoms with Crippen molar-refractivity contribution in [2.24, 2.45) is 5.73 Å². The average molecular weight is 161 g/mol. The Hall–Kier alpha value is -0.610. The molecule has 0 amide bonds. The Labute approximate surface area is 66.7 Å². The van der Waals surface area contributed by atoms with Gasteiger partial charge >= 0.3 is 5.97 Å². The Kier molecular flexibility index (Phi) is 5.78. The number of rotatable bonds is 1. The maximum atomic E-state index is 9.82. The van der Waals surface area contributed by atoms with Crippen LogP contribution in [0.3, 0.4) is 0 Å². The van der Waals surface area contributed by atoms with Crippen molar-refractivity contribution in [3.8, 4) is 0 Å². The summed E-state index contributed by atoms with van der Waals surface area (Å²) in [6, 6.07) is 0.343. The summed E-state index contributed by atoms with van der Waals surface area (Å²) in [5.41, 5.74) is 5.25. The summed E-state index contributed by atoms with van der Waals surface area (Å²) in [5.74, 6) is -0.211.